The Morgan fingerprint density at radius 3 is 2.86 bits per heavy atom. The van der Waals surface area contributed by atoms with Gasteiger partial charge in [-0.2, -0.15) is 0 Å². The summed E-state index contributed by atoms with van der Waals surface area (Å²) in [6, 6.07) is 5.33. The van der Waals surface area contributed by atoms with Crippen LogP contribution < -0.4 is 14.8 Å². The van der Waals surface area contributed by atoms with Gasteiger partial charge in [0.2, 0.25) is 12.7 Å². The normalized spacial score (nSPS) is 13.9. The Kier molecular flexibility index (Phi) is 4.74. The lowest BCUT2D eigenvalue weighted by Crippen LogP contribution is -2.22. The predicted octanol–water partition coefficient (Wildman–Crippen LogP) is 3.11. The van der Waals surface area contributed by atoms with E-state index in [2.05, 4.69) is 15.5 Å². The van der Waals surface area contributed by atoms with Gasteiger partial charge in [-0.1, -0.05) is 34.9 Å². The van der Waals surface area contributed by atoms with Gasteiger partial charge in [0.1, 0.15) is 0 Å². The zero-order chi connectivity index (χ0) is 15.5. The molecule has 0 aliphatic carbocycles. The standard InChI is InChI=1S/C13H13N3O3S3/c1-7(21-13-16-15-12(20-2)22-13)11(17)14-8-3-4-9-10(5-8)19-6-18-9/h3-5,7H,6H2,1-2H3,(H,14,17)/t7-/m0/s1. The van der Waals surface area contributed by atoms with Crippen molar-refractivity contribution >= 4 is 46.5 Å². The SMILES string of the molecule is CSc1nnc(S[C@@H](C)C(=O)Nc2ccc3c(c2)OCO3)s1. The fourth-order valence-electron chi connectivity index (χ4n) is 1.75. The number of hydrogen-bond donors (Lipinski definition) is 1. The number of carbonyl (C=O) groups excluding carboxylic acids is 1. The number of nitrogens with one attached hydrogen (secondary N) is 1. The van der Waals surface area contributed by atoms with E-state index in [0.29, 0.717) is 17.2 Å². The van der Waals surface area contributed by atoms with Gasteiger partial charge in [0, 0.05) is 11.8 Å². The smallest absolute Gasteiger partial charge is 0.237 e. The summed E-state index contributed by atoms with van der Waals surface area (Å²) in [5, 5.41) is 10.7. The summed E-state index contributed by atoms with van der Waals surface area (Å²) in [5.41, 5.74) is 0.684. The minimum absolute atomic E-state index is 0.0928. The molecule has 1 amide bonds. The van der Waals surface area contributed by atoms with E-state index < -0.39 is 0 Å². The quantitative estimate of drug-likeness (QED) is 0.826. The molecule has 0 bridgehead atoms. The number of carbonyl (C=O) groups is 1. The van der Waals surface area contributed by atoms with Crippen LogP contribution in [0.15, 0.2) is 26.9 Å². The fraction of sp³-hybridized carbons (Fsp3) is 0.308. The fourth-order valence-corrected chi connectivity index (χ4v) is 4.33. The van der Waals surface area contributed by atoms with Crippen LogP contribution in [0.3, 0.4) is 0 Å². The van der Waals surface area contributed by atoms with Crippen LogP contribution in [0.2, 0.25) is 0 Å². The number of nitrogens with zero attached hydrogens (tertiary/aromatic N) is 2. The summed E-state index contributed by atoms with van der Waals surface area (Å²) in [7, 11) is 0. The number of aromatic nitrogens is 2. The molecule has 0 radical (unpaired) electrons. The van der Waals surface area contributed by atoms with Crippen molar-refractivity contribution < 1.29 is 14.3 Å². The van der Waals surface area contributed by atoms with Gasteiger partial charge in [0.15, 0.2) is 20.2 Å². The minimum atomic E-state index is -0.270. The number of amides is 1. The van der Waals surface area contributed by atoms with Gasteiger partial charge in [0.05, 0.1) is 5.25 Å². The lowest BCUT2D eigenvalue weighted by Gasteiger charge is -2.10. The number of thioether (sulfide) groups is 2. The van der Waals surface area contributed by atoms with E-state index in [0.717, 1.165) is 8.68 Å². The highest BCUT2D eigenvalue weighted by molar-refractivity contribution is 8.03. The highest BCUT2D eigenvalue weighted by Gasteiger charge is 2.19. The van der Waals surface area contributed by atoms with Crippen molar-refractivity contribution in [3.05, 3.63) is 18.2 Å². The molecule has 9 heteroatoms. The topological polar surface area (TPSA) is 73.3 Å². The first-order chi connectivity index (χ1) is 10.7. The van der Waals surface area contributed by atoms with Crippen molar-refractivity contribution in [2.75, 3.05) is 18.4 Å². The predicted molar refractivity (Wildman–Crippen MR) is 88.2 cm³/mol. The molecule has 6 nitrogen and oxygen atoms in total. The molecule has 0 unspecified atom stereocenters. The van der Waals surface area contributed by atoms with Crippen LogP contribution in [0.25, 0.3) is 0 Å². The summed E-state index contributed by atoms with van der Waals surface area (Å²) < 4.78 is 12.2. The van der Waals surface area contributed by atoms with Gasteiger partial charge in [-0.05, 0) is 25.3 Å². The Morgan fingerprint density at radius 2 is 2.09 bits per heavy atom. The number of fused-ring (bicyclic) bond motifs is 1. The van der Waals surface area contributed by atoms with Crippen molar-refractivity contribution in [3.8, 4) is 11.5 Å². The van der Waals surface area contributed by atoms with Crippen molar-refractivity contribution in [1.29, 1.82) is 0 Å². The Labute approximate surface area is 140 Å². The molecule has 1 aliphatic rings. The molecule has 1 atom stereocenters. The second-order valence-corrected chi connectivity index (χ2v) is 7.97. The molecule has 0 fully saturated rings. The Bertz CT molecular complexity index is 692. The molecule has 2 heterocycles. The maximum absolute atomic E-state index is 12.2. The molecule has 2 aromatic rings. The molecular weight excluding hydrogens is 342 g/mol. The number of anilines is 1. The highest BCUT2D eigenvalue weighted by atomic mass is 32.2. The zero-order valence-corrected chi connectivity index (χ0v) is 14.3. The average molecular weight is 355 g/mol. The first-order valence-corrected chi connectivity index (χ1v) is 9.32. The van der Waals surface area contributed by atoms with Gasteiger partial charge < -0.3 is 14.8 Å². The molecule has 1 N–H and O–H groups in total. The van der Waals surface area contributed by atoms with E-state index in [1.165, 1.54) is 23.1 Å². The maximum Gasteiger partial charge on any atom is 0.237 e. The van der Waals surface area contributed by atoms with E-state index in [9.17, 15) is 4.79 Å². The summed E-state index contributed by atoms with van der Waals surface area (Å²) in [4.78, 5) is 12.2. The minimum Gasteiger partial charge on any atom is -0.454 e. The Hall–Kier alpha value is -1.45. The largest absolute Gasteiger partial charge is 0.454 e. The van der Waals surface area contributed by atoms with Crippen LogP contribution in [0, 0.1) is 0 Å². The summed E-state index contributed by atoms with van der Waals surface area (Å²) in [6.45, 7) is 2.06. The number of rotatable bonds is 5. The molecular formula is C13H13N3O3S3. The molecule has 0 saturated heterocycles. The number of hydrogen-bond acceptors (Lipinski definition) is 8. The molecule has 3 rings (SSSR count). The Morgan fingerprint density at radius 1 is 1.32 bits per heavy atom. The maximum atomic E-state index is 12.2. The monoisotopic (exact) mass is 355 g/mol. The van der Waals surface area contributed by atoms with Crippen molar-refractivity contribution in [3.63, 3.8) is 0 Å². The molecule has 1 aromatic heterocycles. The first kappa shape index (κ1) is 15.4. The van der Waals surface area contributed by atoms with Gasteiger partial charge in [-0.15, -0.1) is 10.2 Å². The van der Waals surface area contributed by atoms with Crippen molar-refractivity contribution in [1.82, 2.24) is 10.2 Å². The van der Waals surface area contributed by atoms with Crippen LogP contribution in [0.5, 0.6) is 11.5 Å². The Balaban J connectivity index is 1.61. The van der Waals surface area contributed by atoms with Gasteiger partial charge >= 0.3 is 0 Å². The molecule has 22 heavy (non-hydrogen) atoms. The van der Waals surface area contributed by atoms with Gasteiger partial charge in [-0.3, -0.25) is 4.79 Å². The summed E-state index contributed by atoms with van der Waals surface area (Å²) in [6.07, 6.45) is 1.95. The van der Waals surface area contributed by atoms with Crippen LogP contribution in [-0.2, 0) is 4.79 Å². The number of ether oxygens (including phenoxy) is 2. The third-order valence-corrected chi connectivity index (χ3v) is 5.93. The highest BCUT2D eigenvalue weighted by Crippen LogP contribution is 2.35. The van der Waals surface area contributed by atoms with E-state index in [1.807, 2.05) is 13.2 Å². The third-order valence-electron chi connectivity index (χ3n) is 2.85. The molecule has 0 spiro atoms. The second kappa shape index (κ2) is 6.76. The van der Waals surface area contributed by atoms with Crippen LogP contribution in [0.1, 0.15) is 6.92 Å². The molecule has 0 saturated carbocycles. The van der Waals surface area contributed by atoms with Gasteiger partial charge in [0.25, 0.3) is 0 Å². The zero-order valence-electron chi connectivity index (χ0n) is 11.9. The first-order valence-electron chi connectivity index (χ1n) is 6.40. The summed E-state index contributed by atoms with van der Waals surface area (Å²) >= 11 is 4.43. The summed E-state index contributed by atoms with van der Waals surface area (Å²) in [5.74, 6) is 1.25. The lowest BCUT2D eigenvalue weighted by molar-refractivity contribution is -0.115. The second-order valence-electron chi connectivity index (χ2n) is 4.36. The van der Waals surface area contributed by atoms with Crippen molar-refractivity contribution in [2.45, 2.75) is 20.9 Å². The number of benzene rings is 1. The van der Waals surface area contributed by atoms with E-state index in [4.69, 9.17) is 9.47 Å². The molecule has 1 aliphatic heterocycles. The molecule has 116 valence electrons. The van der Waals surface area contributed by atoms with Crippen LogP contribution >= 0.6 is 34.9 Å². The van der Waals surface area contributed by atoms with E-state index >= 15 is 0 Å². The van der Waals surface area contributed by atoms with Crippen LogP contribution in [0.4, 0.5) is 5.69 Å². The third kappa shape index (κ3) is 3.47. The van der Waals surface area contributed by atoms with E-state index in [-0.39, 0.29) is 18.0 Å². The van der Waals surface area contributed by atoms with Crippen LogP contribution in [-0.4, -0.2) is 34.4 Å². The van der Waals surface area contributed by atoms with Crippen molar-refractivity contribution in [2.24, 2.45) is 0 Å². The molecule has 1 aromatic carbocycles. The average Bonchev–Trinajstić information content (AvgIpc) is 3.15. The van der Waals surface area contributed by atoms with E-state index in [1.54, 1.807) is 30.0 Å². The van der Waals surface area contributed by atoms with Gasteiger partial charge in [-0.25, -0.2) is 0 Å². The lowest BCUT2D eigenvalue weighted by atomic mass is 10.2.